The van der Waals surface area contributed by atoms with Gasteiger partial charge in [0.25, 0.3) is 0 Å². The minimum absolute atomic E-state index is 0.256. The molecule has 0 spiro atoms. The predicted molar refractivity (Wildman–Crippen MR) is 121 cm³/mol. The van der Waals surface area contributed by atoms with Crippen molar-refractivity contribution < 1.29 is 23.0 Å². The number of benzene rings is 2. The Morgan fingerprint density at radius 2 is 1.58 bits per heavy atom. The topological polar surface area (TPSA) is 58.5 Å². The lowest BCUT2D eigenvalue weighted by atomic mass is 10.0. The van der Waals surface area contributed by atoms with E-state index in [0.717, 1.165) is 41.5 Å². The summed E-state index contributed by atoms with van der Waals surface area (Å²) < 4.78 is 41.3. The first kappa shape index (κ1) is 24.4. The predicted octanol–water partition coefficient (Wildman–Crippen LogP) is 5.85. The minimum atomic E-state index is -4.72. The second-order valence-corrected chi connectivity index (χ2v) is 7.82. The van der Waals surface area contributed by atoms with Crippen LogP contribution in [-0.4, -0.2) is 28.0 Å². The summed E-state index contributed by atoms with van der Waals surface area (Å²) in [5.74, 6) is 0.599. The van der Waals surface area contributed by atoms with Gasteiger partial charge in [0.2, 0.25) is 5.95 Å². The first-order valence-corrected chi connectivity index (χ1v) is 11.0. The second kappa shape index (κ2) is 11.0. The van der Waals surface area contributed by atoms with Crippen LogP contribution in [0.4, 0.5) is 19.1 Å². The van der Waals surface area contributed by atoms with Crippen molar-refractivity contribution in [1.29, 1.82) is 0 Å². The average molecular weight is 460 g/mol. The number of hydrogen-bond donors (Lipinski definition) is 1. The Bertz CT molecular complexity index is 1020. The molecule has 0 bridgehead atoms. The number of halogens is 3. The molecule has 1 aromatic heterocycles. The van der Waals surface area contributed by atoms with Crippen LogP contribution in [0.2, 0.25) is 0 Å². The van der Waals surface area contributed by atoms with Crippen molar-refractivity contribution in [1.82, 2.24) is 9.97 Å². The molecule has 0 fully saturated rings. The average Bonchev–Trinajstić information content (AvgIpc) is 2.79. The van der Waals surface area contributed by atoms with Gasteiger partial charge in [0.15, 0.2) is 0 Å². The third kappa shape index (κ3) is 7.37. The van der Waals surface area contributed by atoms with E-state index < -0.39 is 6.36 Å². The molecule has 0 aliphatic carbocycles. The molecule has 2 aromatic carbocycles. The van der Waals surface area contributed by atoms with Gasteiger partial charge < -0.3 is 14.7 Å². The molecule has 1 heterocycles. The molecule has 176 valence electrons. The number of ether oxygens (including phenoxy) is 1. The van der Waals surface area contributed by atoms with E-state index >= 15 is 0 Å². The molecule has 0 aliphatic rings. The lowest BCUT2D eigenvalue weighted by Gasteiger charge is -2.23. The highest BCUT2D eigenvalue weighted by molar-refractivity contribution is 5.38. The van der Waals surface area contributed by atoms with Gasteiger partial charge in [0.05, 0.1) is 0 Å². The van der Waals surface area contributed by atoms with Gasteiger partial charge in [-0.1, -0.05) is 44.5 Å². The zero-order valence-corrected chi connectivity index (χ0v) is 18.8. The number of phenolic OH excluding ortho intramolecular Hbond substituents is 1. The highest BCUT2D eigenvalue weighted by Crippen LogP contribution is 2.24. The normalized spacial score (nSPS) is 11.4. The molecule has 0 saturated heterocycles. The van der Waals surface area contributed by atoms with Crippen LogP contribution in [0.1, 0.15) is 42.5 Å². The molecule has 0 saturated carbocycles. The number of alkyl halides is 3. The fraction of sp³-hybridized carbons (Fsp3) is 0.360. The molecule has 0 amide bonds. The lowest BCUT2D eigenvalue weighted by molar-refractivity contribution is -0.274. The number of hydrogen-bond acceptors (Lipinski definition) is 5. The fourth-order valence-electron chi connectivity index (χ4n) is 3.49. The number of aromatic nitrogens is 2. The molecule has 1 N–H and O–H groups in total. The summed E-state index contributed by atoms with van der Waals surface area (Å²) in [6.07, 6.45) is 2.13. The summed E-state index contributed by atoms with van der Waals surface area (Å²) in [6.45, 7) is 5.12. The van der Waals surface area contributed by atoms with Crippen LogP contribution in [0.15, 0.2) is 54.9 Å². The van der Waals surface area contributed by atoms with Crippen molar-refractivity contribution in [3.8, 4) is 11.5 Å². The Morgan fingerprint density at radius 3 is 2.18 bits per heavy atom. The summed E-state index contributed by atoms with van der Waals surface area (Å²) in [5.41, 5.74) is 3.84. The van der Waals surface area contributed by atoms with Crippen molar-refractivity contribution in [2.24, 2.45) is 0 Å². The van der Waals surface area contributed by atoms with E-state index in [1.165, 1.54) is 12.1 Å². The molecule has 3 aromatic rings. The summed E-state index contributed by atoms with van der Waals surface area (Å²) >= 11 is 0. The van der Waals surface area contributed by atoms with E-state index in [9.17, 15) is 18.3 Å². The molecular weight excluding hydrogens is 431 g/mol. The quantitative estimate of drug-likeness (QED) is 0.412. The minimum Gasteiger partial charge on any atom is -0.508 e. The van der Waals surface area contributed by atoms with E-state index in [-0.39, 0.29) is 5.75 Å². The number of rotatable bonds is 10. The van der Waals surface area contributed by atoms with Gasteiger partial charge in [-0.15, -0.1) is 13.2 Å². The third-order valence-corrected chi connectivity index (χ3v) is 5.25. The monoisotopic (exact) mass is 459 g/mol. The van der Waals surface area contributed by atoms with Crippen molar-refractivity contribution in [3.63, 3.8) is 0 Å². The second-order valence-electron chi connectivity index (χ2n) is 7.82. The smallest absolute Gasteiger partial charge is 0.508 e. The van der Waals surface area contributed by atoms with Gasteiger partial charge in [-0.05, 0) is 59.7 Å². The standard InChI is InChI=1S/C25H28F3N3O2/c1-3-5-21-14-19(8-11-23(21)32)12-13-31(24-29-15-18(4-2)16-30-24)17-20-6-9-22(10-7-20)33-25(26,27)28/h6-11,14-16,32H,3-5,12-13,17H2,1-2H3. The largest absolute Gasteiger partial charge is 0.573 e. The first-order valence-electron chi connectivity index (χ1n) is 11.0. The van der Waals surface area contributed by atoms with Gasteiger partial charge in [0.1, 0.15) is 11.5 Å². The fourth-order valence-corrected chi connectivity index (χ4v) is 3.49. The van der Waals surface area contributed by atoms with E-state index in [4.69, 9.17) is 0 Å². The highest BCUT2D eigenvalue weighted by atomic mass is 19.4. The van der Waals surface area contributed by atoms with Crippen LogP contribution in [0.3, 0.4) is 0 Å². The van der Waals surface area contributed by atoms with Crippen molar-refractivity contribution >= 4 is 5.95 Å². The zero-order valence-electron chi connectivity index (χ0n) is 18.8. The molecule has 5 nitrogen and oxygen atoms in total. The third-order valence-electron chi connectivity index (χ3n) is 5.25. The van der Waals surface area contributed by atoms with E-state index in [2.05, 4.69) is 21.6 Å². The number of phenols is 1. The Hall–Kier alpha value is -3.29. The van der Waals surface area contributed by atoms with Gasteiger partial charge in [-0.2, -0.15) is 0 Å². The van der Waals surface area contributed by atoms with Gasteiger partial charge in [0, 0.05) is 25.5 Å². The highest BCUT2D eigenvalue weighted by Gasteiger charge is 2.31. The van der Waals surface area contributed by atoms with Crippen LogP contribution in [0.25, 0.3) is 0 Å². The lowest BCUT2D eigenvalue weighted by Crippen LogP contribution is -2.27. The van der Waals surface area contributed by atoms with Crippen molar-refractivity contribution in [3.05, 3.63) is 77.1 Å². The maximum atomic E-state index is 12.4. The molecule has 0 unspecified atom stereocenters. The van der Waals surface area contributed by atoms with E-state index in [1.54, 1.807) is 30.6 Å². The van der Waals surface area contributed by atoms with Crippen molar-refractivity contribution in [2.75, 3.05) is 11.4 Å². The van der Waals surface area contributed by atoms with Gasteiger partial charge in [-0.25, -0.2) is 9.97 Å². The molecular formula is C25H28F3N3O2. The number of nitrogens with zero attached hydrogens (tertiary/aromatic N) is 3. The molecule has 33 heavy (non-hydrogen) atoms. The van der Waals surface area contributed by atoms with Crippen LogP contribution in [-0.2, 0) is 25.8 Å². The van der Waals surface area contributed by atoms with E-state index in [0.29, 0.717) is 31.2 Å². The Morgan fingerprint density at radius 1 is 0.909 bits per heavy atom. The molecule has 0 atom stereocenters. The van der Waals surface area contributed by atoms with Crippen LogP contribution < -0.4 is 9.64 Å². The van der Waals surface area contributed by atoms with Gasteiger partial charge >= 0.3 is 6.36 Å². The van der Waals surface area contributed by atoms with E-state index in [1.807, 2.05) is 24.0 Å². The maximum absolute atomic E-state index is 12.4. The number of aryl methyl sites for hydroxylation is 2. The zero-order chi connectivity index (χ0) is 23.8. The Labute approximate surface area is 191 Å². The summed E-state index contributed by atoms with van der Waals surface area (Å²) in [4.78, 5) is 11.0. The van der Waals surface area contributed by atoms with Crippen molar-refractivity contribution in [2.45, 2.75) is 52.4 Å². The number of anilines is 1. The summed E-state index contributed by atoms with van der Waals surface area (Å²) in [5, 5.41) is 10.0. The Kier molecular flexibility index (Phi) is 8.14. The molecule has 8 heteroatoms. The van der Waals surface area contributed by atoms with Gasteiger partial charge in [-0.3, -0.25) is 0 Å². The molecule has 3 rings (SSSR count). The molecule has 0 aliphatic heterocycles. The van der Waals surface area contributed by atoms with Crippen LogP contribution in [0, 0.1) is 0 Å². The maximum Gasteiger partial charge on any atom is 0.573 e. The molecule has 0 radical (unpaired) electrons. The van der Waals surface area contributed by atoms with Crippen LogP contribution in [0.5, 0.6) is 11.5 Å². The summed E-state index contributed by atoms with van der Waals surface area (Å²) in [7, 11) is 0. The summed E-state index contributed by atoms with van der Waals surface area (Å²) in [6, 6.07) is 11.5. The first-order chi connectivity index (χ1) is 15.8. The Balaban J connectivity index is 1.77. The SMILES string of the molecule is CCCc1cc(CCN(Cc2ccc(OC(F)(F)F)cc2)c2ncc(CC)cn2)ccc1O. The van der Waals surface area contributed by atoms with Crippen LogP contribution >= 0.6 is 0 Å². The number of aromatic hydroxyl groups is 1.